The lowest BCUT2D eigenvalue weighted by Gasteiger charge is -2.00. The van der Waals surface area contributed by atoms with Gasteiger partial charge < -0.3 is 0 Å². The summed E-state index contributed by atoms with van der Waals surface area (Å²) in [6, 6.07) is 8.33. The summed E-state index contributed by atoms with van der Waals surface area (Å²) in [4.78, 5) is 23.2. The number of nitrogens with one attached hydrogen (secondary N) is 1. The minimum absolute atomic E-state index is 0.240. The number of anilines is 1. The van der Waals surface area contributed by atoms with Crippen molar-refractivity contribution in [2.24, 2.45) is 0 Å². The van der Waals surface area contributed by atoms with Crippen LogP contribution in [0, 0.1) is 6.92 Å². The zero-order chi connectivity index (χ0) is 17.4. The van der Waals surface area contributed by atoms with Gasteiger partial charge in [-0.3, -0.25) is 14.5 Å². The Balaban J connectivity index is 1.51. The number of nitrogens with zero attached hydrogens (tertiary/aromatic N) is 3. The summed E-state index contributed by atoms with van der Waals surface area (Å²) in [5, 5.41) is 5.36. The van der Waals surface area contributed by atoms with Gasteiger partial charge in [-0.05, 0) is 18.9 Å². The summed E-state index contributed by atoms with van der Waals surface area (Å²) in [6.07, 6.45) is 4.72. The van der Waals surface area contributed by atoms with Crippen LogP contribution in [0.3, 0.4) is 0 Å². The second-order valence-corrected chi connectivity index (χ2v) is 7.77. The van der Waals surface area contributed by atoms with Crippen molar-refractivity contribution in [3.8, 4) is 11.3 Å². The minimum atomic E-state index is -0.240. The molecular formula is C18H16N4OS2. The van der Waals surface area contributed by atoms with E-state index in [2.05, 4.69) is 46.5 Å². The van der Waals surface area contributed by atoms with Crippen LogP contribution in [0.15, 0.2) is 42.0 Å². The third-order valence-electron chi connectivity index (χ3n) is 3.89. The quantitative estimate of drug-likeness (QED) is 0.571. The van der Waals surface area contributed by atoms with Crippen LogP contribution in [0.25, 0.3) is 16.2 Å². The first-order valence-electron chi connectivity index (χ1n) is 7.93. The monoisotopic (exact) mass is 368 g/mol. The predicted octanol–water partition coefficient (Wildman–Crippen LogP) is 4.64. The van der Waals surface area contributed by atoms with Gasteiger partial charge in [0.25, 0.3) is 5.91 Å². The van der Waals surface area contributed by atoms with E-state index in [-0.39, 0.29) is 5.91 Å². The van der Waals surface area contributed by atoms with Crippen LogP contribution in [0.2, 0.25) is 0 Å². The number of imidazole rings is 1. The third-order valence-corrected chi connectivity index (χ3v) is 5.56. The van der Waals surface area contributed by atoms with Gasteiger partial charge in [0.1, 0.15) is 5.69 Å². The summed E-state index contributed by atoms with van der Waals surface area (Å²) in [7, 11) is 0. The fourth-order valence-corrected chi connectivity index (χ4v) is 4.08. The number of carbonyl (C=O) groups is 1. The molecule has 7 heteroatoms. The SMILES string of the molecule is CCc1ccc(-c2csc(NC(=O)c3cn4cc(C)sc4n3)n2)cc1. The Morgan fingerprint density at radius 1 is 1.20 bits per heavy atom. The zero-order valence-corrected chi connectivity index (χ0v) is 15.4. The maximum absolute atomic E-state index is 12.4. The van der Waals surface area contributed by atoms with Gasteiger partial charge >= 0.3 is 0 Å². The Morgan fingerprint density at radius 2 is 2.00 bits per heavy atom. The van der Waals surface area contributed by atoms with Crippen molar-refractivity contribution < 1.29 is 4.79 Å². The number of carbonyl (C=O) groups excluding carboxylic acids is 1. The van der Waals surface area contributed by atoms with Crippen LogP contribution in [-0.2, 0) is 6.42 Å². The average Bonchev–Trinajstić information content (AvgIpc) is 3.29. The van der Waals surface area contributed by atoms with Crippen molar-refractivity contribution in [1.29, 1.82) is 0 Å². The Morgan fingerprint density at radius 3 is 2.72 bits per heavy atom. The van der Waals surface area contributed by atoms with Gasteiger partial charge in [-0.15, -0.1) is 22.7 Å². The number of thiazole rings is 2. The van der Waals surface area contributed by atoms with Gasteiger partial charge in [-0.1, -0.05) is 31.2 Å². The molecule has 5 nitrogen and oxygen atoms in total. The fourth-order valence-electron chi connectivity index (χ4n) is 2.56. The molecule has 0 unspecified atom stereocenters. The first-order chi connectivity index (χ1) is 12.1. The van der Waals surface area contributed by atoms with Crippen molar-refractivity contribution in [3.05, 3.63) is 58.2 Å². The molecule has 0 atom stereocenters. The van der Waals surface area contributed by atoms with E-state index in [0.717, 1.165) is 27.5 Å². The smallest absolute Gasteiger partial charge is 0.277 e. The molecule has 0 fully saturated rings. The Hall–Kier alpha value is -2.51. The minimum Gasteiger partial charge on any atom is -0.297 e. The predicted molar refractivity (Wildman–Crippen MR) is 103 cm³/mol. The second-order valence-electron chi connectivity index (χ2n) is 5.70. The summed E-state index contributed by atoms with van der Waals surface area (Å²) in [5.41, 5.74) is 3.61. The lowest BCUT2D eigenvalue weighted by atomic mass is 10.1. The molecule has 0 saturated carbocycles. The molecule has 1 N–H and O–H groups in total. The summed E-state index contributed by atoms with van der Waals surface area (Å²) in [6.45, 7) is 4.15. The number of aryl methyl sites for hydroxylation is 2. The topological polar surface area (TPSA) is 59.3 Å². The van der Waals surface area contributed by atoms with E-state index in [0.29, 0.717) is 10.8 Å². The van der Waals surface area contributed by atoms with Crippen molar-refractivity contribution in [1.82, 2.24) is 14.4 Å². The molecule has 3 heterocycles. The third kappa shape index (κ3) is 3.20. The molecule has 0 aliphatic rings. The van der Waals surface area contributed by atoms with Crippen molar-refractivity contribution in [3.63, 3.8) is 0 Å². The normalized spacial score (nSPS) is 11.1. The molecule has 4 rings (SSSR count). The lowest BCUT2D eigenvalue weighted by molar-refractivity contribution is 0.102. The van der Waals surface area contributed by atoms with E-state index >= 15 is 0 Å². The molecule has 4 aromatic rings. The molecule has 0 aliphatic heterocycles. The summed E-state index contributed by atoms with van der Waals surface area (Å²) < 4.78 is 1.87. The Labute approximate surface area is 153 Å². The standard InChI is InChI=1S/C18H16N4OS2/c1-3-12-4-6-13(7-5-12)15-10-24-17(19-15)21-16(23)14-9-22-8-11(2)25-18(22)20-14/h4-10H,3H2,1-2H3,(H,19,21,23). The highest BCUT2D eigenvalue weighted by molar-refractivity contribution is 7.17. The molecule has 25 heavy (non-hydrogen) atoms. The first-order valence-corrected chi connectivity index (χ1v) is 9.63. The van der Waals surface area contributed by atoms with Crippen molar-refractivity contribution in [2.75, 3.05) is 5.32 Å². The molecule has 1 aromatic carbocycles. The van der Waals surface area contributed by atoms with E-state index in [4.69, 9.17) is 0 Å². The number of fused-ring (bicyclic) bond motifs is 1. The number of amides is 1. The van der Waals surface area contributed by atoms with E-state index in [1.54, 1.807) is 17.5 Å². The molecule has 0 saturated heterocycles. The maximum Gasteiger partial charge on any atom is 0.277 e. The second kappa shape index (κ2) is 6.42. The van der Waals surface area contributed by atoms with Crippen molar-refractivity contribution >= 4 is 38.7 Å². The molecule has 0 radical (unpaired) electrons. The highest BCUT2D eigenvalue weighted by Crippen LogP contribution is 2.26. The molecular weight excluding hydrogens is 352 g/mol. The number of rotatable bonds is 4. The highest BCUT2D eigenvalue weighted by Gasteiger charge is 2.14. The molecule has 3 aromatic heterocycles. The average molecular weight is 368 g/mol. The Bertz CT molecular complexity index is 1010. The van der Waals surface area contributed by atoms with Crippen LogP contribution in [0.5, 0.6) is 0 Å². The first kappa shape index (κ1) is 16.0. The van der Waals surface area contributed by atoms with E-state index in [1.807, 2.05) is 22.9 Å². The maximum atomic E-state index is 12.4. The molecule has 0 bridgehead atoms. The fraction of sp³-hybridized carbons (Fsp3) is 0.167. The van der Waals surface area contributed by atoms with Crippen LogP contribution in [-0.4, -0.2) is 20.3 Å². The Kier molecular flexibility index (Phi) is 4.10. The van der Waals surface area contributed by atoms with Crippen LogP contribution >= 0.6 is 22.7 Å². The van der Waals surface area contributed by atoms with Gasteiger partial charge in [-0.2, -0.15) is 0 Å². The molecule has 0 spiro atoms. The lowest BCUT2D eigenvalue weighted by Crippen LogP contribution is -2.12. The van der Waals surface area contributed by atoms with Gasteiger partial charge in [0, 0.05) is 28.2 Å². The highest BCUT2D eigenvalue weighted by atomic mass is 32.1. The largest absolute Gasteiger partial charge is 0.297 e. The van der Waals surface area contributed by atoms with Crippen LogP contribution in [0.4, 0.5) is 5.13 Å². The number of benzene rings is 1. The van der Waals surface area contributed by atoms with Gasteiger partial charge in [0.2, 0.25) is 0 Å². The van der Waals surface area contributed by atoms with Crippen molar-refractivity contribution in [2.45, 2.75) is 20.3 Å². The number of hydrogen-bond acceptors (Lipinski definition) is 5. The zero-order valence-electron chi connectivity index (χ0n) is 13.8. The molecule has 1 amide bonds. The van der Waals surface area contributed by atoms with Crippen LogP contribution in [0.1, 0.15) is 27.9 Å². The number of hydrogen-bond donors (Lipinski definition) is 1. The number of aromatic nitrogens is 3. The van der Waals surface area contributed by atoms with Gasteiger partial charge in [-0.25, -0.2) is 9.97 Å². The molecule has 0 aliphatic carbocycles. The molecule has 126 valence electrons. The summed E-state index contributed by atoms with van der Waals surface area (Å²) >= 11 is 2.97. The van der Waals surface area contributed by atoms with E-state index in [1.165, 1.54) is 16.9 Å². The van der Waals surface area contributed by atoms with E-state index in [9.17, 15) is 4.79 Å². The van der Waals surface area contributed by atoms with Gasteiger partial charge in [0.05, 0.1) is 5.69 Å². The van der Waals surface area contributed by atoms with Crippen LogP contribution < -0.4 is 5.32 Å². The summed E-state index contributed by atoms with van der Waals surface area (Å²) in [5.74, 6) is -0.240. The van der Waals surface area contributed by atoms with Gasteiger partial charge in [0.15, 0.2) is 10.1 Å². The van der Waals surface area contributed by atoms with E-state index < -0.39 is 0 Å².